The third-order valence-electron chi connectivity index (χ3n) is 8.25. The Morgan fingerprint density at radius 2 is 1.77 bits per heavy atom. The summed E-state index contributed by atoms with van der Waals surface area (Å²) in [5, 5.41) is 13.8. The van der Waals surface area contributed by atoms with E-state index in [-0.39, 0.29) is 12.4 Å². The van der Waals surface area contributed by atoms with E-state index in [0.717, 1.165) is 67.3 Å². The van der Waals surface area contributed by atoms with Crippen molar-refractivity contribution in [2.75, 3.05) is 40.1 Å². The van der Waals surface area contributed by atoms with Gasteiger partial charge in [-0.2, -0.15) is 0 Å². The SMILES string of the molecule is COc1ccc2[nH]c(=O)c([C@@H](c3nnnn3CCc3ccccc3)N3CCN(Cc4ccc5c(c4)OCO5)CC3)cc2c1. The lowest BCUT2D eigenvalue weighted by Gasteiger charge is -2.38. The Bertz CT molecular complexity index is 1780. The fraction of sp³-hybridized carbons (Fsp3) is 0.312. The highest BCUT2D eigenvalue weighted by Gasteiger charge is 2.33. The summed E-state index contributed by atoms with van der Waals surface area (Å²) in [6.07, 6.45) is 0.778. The van der Waals surface area contributed by atoms with Gasteiger partial charge in [-0.05, 0) is 64.4 Å². The van der Waals surface area contributed by atoms with Crippen LogP contribution in [0.15, 0.2) is 77.6 Å². The highest BCUT2D eigenvalue weighted by atomic mass is 16.7. The maximum Gasteiger partial charge on any atom is 0.253 e. The van der Waals surface area contributed by atoms with Gasteiger partial charge in [-0.15, -0.1) is 5.10 Å². The minimum Gasteiger partial charge on any atom is -0.497 e. The molecule has 4 heterocycles. The molecule has 0 bridgehead atoms. The average Bonchev–Trinajstić information content (AvgIpc) is 3.71. The zero-order valence-corrected chi connectivity index (χ0v) is 24.0. The fourth-order valence-corrected chi connectivity index (χ4v) is 5.95. The number of rotatable bonds is 9. The summed E-state index contributed by atoms with van der Waals surface area (Å²) in [4.78, 5) is 21.4. The summed E-state index contributed by atoms with van der Waals surface area (Å²) in [5.74, 6) is 2.98. The number of aromatic nitrogens is 5. The summed E-state index contributed by atoms with van der Waals surface area (Å²) < 4.78 is 18.3. The van der Waals surface area contributed by atoms with Crippen molar-refractivity contribution >= 4 is 10.9 Å². The van der Waals surface area contributed by atoms with Crippen molar-refractivity contribution in [1.82, 2.24) is 35.0 Å². The maximum absolute atomic E-state index is 13.6. The first-order valence-electron chi connectivity index (χ1n) is 14.5. The van der Waals surface area contributed by atoms with Gasteiger partial charge in [0.2, 0.25) is 6.79 Å². The summed E-state index contributed by atoms with van der Waals surface area (Å²) in [6.45, 7) is 4.83. The van der Waals surface area contributed by atoms with Crippen LogP contribution in [0.2, 0.25) is 0 Å². The molecule has 0 amide bonds. The van der Waals surface area contributed by atoms with Crippen LogP contribution in [0.1, 0.15) is 28.6 Å². The second-order valence-electron chi connectivity index (χ2n) is 10.9. The molecule has 1 fully saturated rings. The molecule has 0 radical (unpaired) electrons. The van der Waals surface area contributed by atoms with Crippen molar-refractivity contribution in [3.63, 3.8) is 0 Å². The predicted molar refractivity (Wildman–Crippen MR) is 160 cm³/mol. The third kappa shape index (κ3) is 5.69. The molecule has 3 aromatic carbocycles. The molecule has 0 unspecified atom stereocenters. The molecule has 1 saturated heterocycles. The van der Waals surface area contributed by atoms with Gasteiger partial charge in [0.15, 0.2) is 17.3 Å². The normalized spacial score (nSPS) is 16.0. The van der Waals surface area contributed by atoms with Crippen molar-refractivity contribution in [3.8, 4) is 17.2 Å². The smallest absolute Gasteiger partial charge is 0.253 e. The summed E-state index contributed by atoms with van der Waals surface area (Å²) in [5.41, 5.74) is 3.60. The average molecular weight is 580 g/mol. The van der Waals surface area contributed by atoms with Gasteiger partial charge in [-0.3, -0.25) is 14.6 Å². The summed E-state index contributed by atoms with van der Waals surface area (Å²) in [6, 6.07) is 23.6. The van der Waals surface area contributed by atoms with E-state index in [4.69, 9.17) is 14.2 Å². The molecule has 7 rings (SSSR count). The number of fused-ring (bicyclic) bond motifs is 2. The number of nitrogens with zero attached hydrogens (tertiary/aromatic N) is 6. The van der Waals surface area contributed by atoms with E-state index in [1.54, 1.807) is 7.11 Å². The van der Waals surface area contributed by atoms with Crippen LogP contribution in [-0.2, 0) is 19.5 Å². The van der Waals surface area contributed by atoms with Crippen LogP contribution in [0.3, 0.4) is 0 Å². The van der Waals surface area contributed by atoms with Crippen molar-refractivity contribution < 1.29 is 14.2 Å². The molecule has 2 aliphatic rings. The molecule has 0 aliphatic carbocycles. The van der Waals surface area contributed by atoms with Crippen LogP contribution in [-0.4, -0.2) is 75.1 Å². The van der Waals surface area contributed by atoms with Crippen molar-refractivity contribution in [3.05, 3.63) is 106 Å². The molecule has 1 N–H and O–H groups in total. The lowest BCUT2D eigenvalue weighted by Crippen LogP contribution is -2.48. The first-order chi connectivity index (χ1) is 21.1. The molecule has 43 heavy (non-hydrogen) atoms. The minimum atomic E-state index is -0.419. The number of nitrogens with one attached hydrogen (secondary N) is 1. The van der Waals surface area contributed by atoms with Crippen LogP contribution < -0.4 is 19.8 Å². The van der Waals surface area contributed by atoms with E-state index in [1.807, 2.05) is 53.2 Å². The second kappa shape index (κ2) is 11.9. The number of methoxy groups -OCH3 is 1. The Hall–Kier alpha value is -4.74. The first-order valence-corrected chi connectivity index (χ1v) is 14.5. The van der Waals surface area contributed by atoms with Crippen LogP contribution in [0.5, 0.6) is 17.2 Å². The number of pyridine rings is 1. The second-order valence-corrected chi connectivity index (χ2v) is 10.9. The molecule has 11 nitrogen and oxygen atoms in total. The number of H-pyrrole nitrogens is 1. The molecule has 11 heteroatoms. The van der Waals surface area contributed by atoms with Crippen LogP contribution in [0.25, 0.3) is 10.9 Å². The Labute approximate surface area is 248 Å². The highest BCUT2D eigenvalue weighted by molar-refractivity contribution is 5.80. The van der Waals surface area contributed by atoms with Gasteiger partial charge >= 0.3 is 0 Å². The number of piperazine rings is 1. The standard InChI is InChI=1S/C32H33N7O4/c1-41-25-8-9-27-24(18-25)19-26(32(40)33-27)30(31-34-35-36-39(31)12-11-22-5-3-2-4-6-22)38-15-13-37(14-16-38)20-23-7-10-28-29(17-23)43-21-42-28/h2-10,17-19,30H,11-16,20-21H2,1H3,(H,33,40)/t30-/m0/s1. The predicted octanol–water partition coefficient (Wildman–Crippen LogP) is 3.40. The number of hydrogen-bond acceptors (Lipinski definition) is 9. The molecular weight excluding hydrogens is 546 g/mol. The topological polar surface area (TPSA) is 111 Å². The quantitative estimate of drug-likeness (QED) is 0.281. The fourth-order valence-electron chi connectivity index (χ4n) is 5.95. The summed E-state index contributed by atoms with van der Waals surface area (Å²) in [7, 11) is 1.64. The van der Waals surface area contributed by atoms with E-state index in [0.29, 0.717) is 17.9 Å². The molecule has 220 valence electrons. The maximum atomic E-state index is 13.6. The molecule has 0 saturated carbocycles. The van der Waals surface area contributed by atoms with Crippen molar-refractivity contribution in [2.24, 2.45) is 0 Å². The van der Waals surface area contributed by atoms with Gasteiger partial charge in [0.25, 0.3) is 5.56 Å². The van der Waals surface area contributed by atoms with Crippen LogP contribution >= 0.6 is 0 Å². The lowest BCUT2D eigenvalue weighted by atomic mass is 10.0. The van der Waals surface area contributed by atoms with Gasteiger partial charge in [0, 0.05) is 55.7 Å². The van der Waals surface area contributed by atoms with E-state index in [9.17, 15) is 4.79 Å². The molecule has 2 aliphatic heterocycles. The monoisotopic (exact) mass is 579 g/mol. The van der Waals surface area contributed by atoms with E-state index in [2.05, 4.69) is 54.6 Å². The molecule has 0 spiro atoms. The minimum absolute atomic E-state index is 0.150. The number of aryl methyl sites for hydroxylation is 2. The number of hydrogen-bond donors (Lipinski definition) is 1. The van der Waals surface area contributed by atoms with E-state index >= 15 is 0 Å². The van der Waals surface area contributed by atoms with Gasteiger partial charge < -0.3 is 19.2 Å². The van der Waals surface area contributed by atoms with Crippen molar-refractivity contribution in [1.29, 1.82) is 0 Å². The van der Waals surface area contributed by atoms with Gasteiger partial charge in [-0.1, -0.05) is 36.4 Å². The van der Waals surface area contributed by atoms with Crippen LogP contribution in [0, 0.1) is 0 Å². The lowest BCUT2D eigenvalue weighted by molar-refractivity contribution is 0.0996. The zero-order valence-electron chi connectivity index (χ0n) is 24.0. The molecule has 5 aromatic rings. The molecular formula is C32H33N7O4. The Morgan fingerprint density at radius 3 is 2.60 bits per heavy atom. The molecule has 2 aromatic heterocycles. The highest BCUT2D eigenvalue weighted by Crippen LogP contribution is 2.33. The van der Waals surface area contributed by atoms with E-state index in [1.165, 1.54) is 11.1 Å². The Kier molecular flexibility index (Phi) is 7.48. The number of aromatic amines is 1. The largest absolute Gasteiger partial charge is 0.497 e. The van der Waals surface area contributed by atoms with Crippen LogP contribution in [0.4, 0.5) is 0 Å². The zero-order chi connectivity index (χ0) is 29.2. The third-order valence-corrected chi connectivity index (χ3v) is 8.25. The first kappa shape index (κ1) is 27.1. The number of tetrazole rings is 1. The van der Waals surface area contributed by atoms with Gasteiger partial charge in [0.05, 0.1) is 7.11 Å². The Balaban J connectivity index is 1.18. The summed E-state index contributed by atoms with van der Waals surface area (Å²) >= 11 is 0. The number of ether oxygens (including phenoxy) is 3. The van der Waals surface area contributed by atoms with Gasteiger partial charge in [-0.25, -0.2) is 4.68 Å². The van der Waals surface area contributed by atoms with E-state index < -0.39 is 6.04 Å². The number of benzene rings is 3. The molecule has 1 atom stereocenters. The van der Waals surface area contributed by atoms with Crippen molar-refractivity contribution in [2.45, 2.75) is 25.6 Å². The van der Waals surface area contributed by atoms with Gasteiger partial charge in [0.1, 0.15) is 11.8 Å². The Morgan fingerprint density at radius 1 is 0.930 bits per heavy atom.